The fourth-order valence-corrected chi connectivity index (χ4v) is 2.33. The number of nitrogens with one attached hydrogen (secondary N) is 2. The maximum atomic E-state index is 12.0. The summed E-state index contributed by atoms with van der Waals surface area (Å²) >= 11 is 1.53. The lowest BCUT2D eigenvalue weighted by Gasteiger charge is -2.08. The summed E-state index contributed by atoms with van der Waals surface area (Å²) in [6.45, 7) is 7.80. The van der Waals surface area contributed by atoms with E-state index in [2.05, 4.69) is 25.5 Å². The van der Waals surface area contributed by atoms with Gasteiger partial charge in [0.15, 0.2) is 0 Å². The van der Waals surface area contributed by atoms with E-state index in [0.717, 1.165) is 10.7 Å². The van der Waals surface area contributed by atoms with Crippen LogP contribution in [0.25, 0.3) is 0 Å². The number of carbonyl (C=O) groups excluding carboxylic acids is 1. The number of hydrogen-bond donors (Lipinski definition) is 2. The summed E-state index contributed by atoms with van der Waals surface area (Å²) in [5.41, 5.74) is 0.959. The van der Waals surface area contributed by atoms with Gasteiger partial charge in [0.1, 0.15) is 10.8 Å². The quantitative estimate of drug-likeness (QED) is 0.898. The first-order chi connectivity index (χ1) is 8.97. The first kappa shape index (κ1) is 13.7. The van der Waals surface area contributed by atoms with Gasteiger partial charge >= 0.3 is 0 Å². The van der Waals surface area contributed by atoms with Gasteiger partial charge in [-0.15, -0.1) is 16.4 Å². The second-order valence-corrected chi connectivity index (χ2v) is 5.61. The fraction of sp³-hybridized carbons (Fsp3) is 0.500. The van der Waals surface area contributed by atoms with Gasteiger partial charge in [0.25, 0.3) is 5.91 Å². The van der Waals surface area contributed by atoms with E-state index in [1.807, 2.05) is 33.1 Å². The molecule has 6 nitrogen and oxygen atoms in total. The van der Waals surface area contributed by atoms with Crippen LogP contribution in [0.5, 0.6) is 0 Å². The molecule has 0 aliphatic carbocycles. The highest BCUT2D eigenvalue weighted by atomic mass is 32.1. The summed E-state index contributed by atoms with van der Waals surface area (Å²) in [5, 5.41) is 12.4. The largest absolute Gasteiger partial charge is 0.340 e. The minimum atomic E-state index is -0.288. The van der Waals surface area contributed by atoms with Gasteiger partial charge in [0.05, 0.1) is 6.04 Å². The average molecular weight is 279 g/mol. The Bertz CT molecular complexity index is 574. The SMILES string of the molecule is Cc1csc(C(C)NC(=O)c2n[nH]c(C(C)C)n2)n1. The van der Waals surface area contributed by atoms with Crippen LogP contribution in [0.15, 0.2) is 5.38 Å². The molecule has 1 unspecified atom stereocenters. The normalized spacial score (nSPS) is 12.7. The van der Waals surface area contributed by atoms with Crippen LogP contribution in [0.1, 0.15) is 59.9 Å². The third kappa shape index (κ3) is 3.17. The minimum absolute atomic E-state index is 0.146. The van der Waals surface area contributed by atoms with Crippen LogP contribution in [0, 0.1) is 6.92 Å². The van der Waals surface area contributed by atoms with E-state index in [0.29, 0.717) is 5.82 Å². The third-order valence-electron chi connectivity index (χ3n) is 2.61. The van der Waals surface area contributed by atoms with Crippen molar-refractivity contribution in [1.82, 2.24) is 25.5 Å². The van der Waals surface area contributed by atoms with Crippen molar-refractivity contribution in [2.45, 2.75) is 39.7 Å². The molecule has 19 heavy (non-hydrogen) atoms. The van der Waals surface area contributed by atoms with E-state index in [4.69, 9.17) is 0 Å². The van der Waals surface area contributed by atoms with Gasteiger partial charge in [-0.1, -0.05) is 13.8 Å². The first-order valence-electron chi connectivity index (χ1n) is 6.12. The second-order valence-electron chi connectivity index (χ2n) is 4.72. The molecule has 2 aromatic heterocycles. The number of nitrogens with zero attached hydrogens (tertiary/aromatic N) is 3. The summed E-state index contributed by atoms with van der Waals surface area (Å²) in [7, 11) is 0. The Morgan fingerprint density at radius 1 is 1.37 bits per heavy atom. The Labute approximate surface area is 115 Å². The predicted molar refractivity (Wildman–Crippen MR) is 73.2 cm³/mol. The number of hydrogen-bond acceptors (Lipinski definition) is 5. The predicted octanol–water partition coefficient (Wildman–Crippen LogP) is 2.18. The van der Waals surface area contributed by atoms with Gasteiger partial charge in [-0.25, -0.2) is 9.97 Å². The molecule has 1 atom stereocenters. The van der Waals surface area contributed by atoms with Crippen LogP contribution in [0.2, 0.25) is 0 Å². The van der Waals surface area contributed by atoms with Crippen LogP contribution in [0.3, 0.4) is 0 Å². The van der Waals surface area contributed by atoms with Gasteiger partial charge in [0.2, 0.25) is 5.82 Å². The Hall–Kier alpha value is -1.76. The van der Waals surface area contributed by atoms with Gasteiger partial charge in [-0.05, 0) is 13.8 Å². The minimum Gasteiger partial charge on any atom is -0.340 e. The zero-order chi connectivity index (χ0) is 14.0. The van der Waals surface area contributed by atoms with Gasteiger partial charge in [-0.3, -0.25) is 9.89 Å². The van der Waals surface area contributed by atoms with Crippen molar-refractivity contribution in [3.63, 3.8) is 0 Å². The zero-order valence-electron chi connectivity index (χ0n) is 11.4. The van der Waals surface area contributed by atoms with Crippen molar-refractivity contribution in [1.29, 1.82) is 0 Å². The molecule has 0 saturated carbocycles. The lowest BCUT2D eigenvalue weighted by Crippen LogP contribution is -2.27. The number of amides is 1. The lowest BCUT2D eigenvalue weighted by atomic mass is 10.2. The third-order valence-corrected chi connectivity index (χ3v) is 3.75. The molecule has 0 aliphatic heterocycles. The van der Waals surface area contributed by atoms with Crippen molar-refractivity contribution >= 4 is 17.2 Å². The molecule has 1 amide bonds. The van der Waals surface area contributed by atoms with Crippen molar-refractivity contribution in [3.8, 4) is 0 Å². The highest BCUT2D eigenvalue weighted by Crippen LogP contribution is 2.17. The molecule has 7 heteroatoms. The van der Waals surface area contributed by atoms with Crippen molar-refractivity contribution in [2.75, 3.05) is 0 Å². The Balaban J connectivity index is 2.04. The smallest absolute Gasteiger partial charge is 0.291 e. The van der Waals surface area contributed by atoms with E-state index in [-0.39, 0.29) is 23.7 Å². The van der Waals surface area contributed by atoms with Gasteiger partial charge in [-0.2, -0.15) is 0 Å². The van der Waals surface area contributed by atoms with Crippen molar-refractivity contribution in [3.05, 3.63) is 27.7 Å². The van der Waals surface area contributed by atoms with Crippen LogP contribution in [-0.4, -0.2) is 26.1 Å². The molecular weight excluding hydrogens is 262 g/mol. The van der Waals surface area contributed by atoms with E-state index >= 15 is 0 Å². The number of aromatic amines is 1. The molecule has 0 aromatic carbocycles. The summed E-state index contributed by atoms with van der Waals surface area (Å²) < 4.78 is 0. The molecule has 2 heterocycles. The molecule has 0 bridgehead atoms. The van der Waals surface area contributed by atoms with Crippen LogP contribution >= 0.6 is 11.3 Å². The molecule has 0 radical (unpaired) electrons. The van der Waals surface area contributed by atoms with Crippen LogP contribution in [-0.2, 0) is 0 Å². The Kier molecular flexibility index (Phi) is 3.94. The topological polar surface area (TPSA) is 83.6 Å². The standard InChI is InChI=1S/C12H17N5OS/c1-6(2)9-15-10(17-16-9)11(18)14-8(4)12-13-7(3)5-19-12/h5-6,8H,1-4H3,(H,14,18)(H,15,16,17). The van der Waals surface area contributed by atoms with E-state index < -0.39 is 0 Å². The number of aromatic nitrogens is 4. The summed E-state index contributed by atoms with van der Waals surface area (Å²) in [6.07, 6.45) is 0. The van der Waals surface area contributed by atoms with Gasteiger partial charge < -0.3 is 5.32 Å². The number of aryl methyl sites for hydroxylation is 1. The highest BCUT2D eigenvalue weighted by molar-refractivity contribution is 7.09. The summed E-state index contributed by atoms with van der Waals surface area (Å²) in [5.74, 6) is 0.809. The molecule has 2 N–H and O–H groups in total. The number of carbonyl (C=O) groups is 1. The maximum absolute atomic E-state index is 12.0. The molecule has 0 fully saturated rings. The van der Waals surface area contributed by atoms with E-state index in [1.54, 1.807) is 0 Å². The number of rotatable bonds is 4. The average Bonchev–Trinajstić information content (AvgIpc) is 2.96. The monoisotopic (exact) mass is 279 g/mol. The Morgan fingerprint density at radius 3 is 2.63 bits per heavy atom. The van der Waals surface area contributed by atoms with Crippen molar-refractivity contribution in [2.24, 2.45) is 0 Å². The molecule has 0 aliphatic rings. The number of thiazole rings is 1. The highest BCUT2D eigenvalue weighted by Gasteiger charge is 2.18. The Morgan fingerprint density at radius 2 is 2.11 bits per heavy atom. The van der Waals surface area contributed by atoms with Gasteiger partial charge in [0, 0.05) is 17.0 Å². The summed E-state index contributed by atoms with van der Waals surface area (Å²) in [4.78, 5) is 20.5. The maximum Gasteiger partial charge on any atom is 0.291 e. The van der Waals surface area contributed by atoms with Crippen molar-refractivity contribution < 1.29 is 4.79 Å². The summed E-state index contributed by atoms with van der Waals surface area (Å²) in [6, 6.07) is -0.146. The first-order valence-corrected chi connectivity index (χ1v) is 7.00. The molecule has 2 rings (SSSR count). The molecule has 2 aromatic rings. The molecule has 0 saturated heterocycles. The lowest BCUT2D eigenvalue weighted by molar-refractivity contribution is 0.0929. The molecule has 102 valence electrons. The van der Waals surface area contributed by atoms with Crippen LogP contribution in [0.4, 0.5) is 0 Å². The number of H-pyrrole nitrogens is 1. The van der Waals surface area contributed by atoms with E-state index in [9.17, 15) is 4.79 Å². The second kappa shape index (κ2) is 5.48. The molecular formula is C12H17N5OS. The zero-order valence-corrected chi connectivity index (χ0v) is 12.2. The fourth-order valence-electron chi connectivity index (χ4n) is 1.53. The van der Waals surface area contributed by atoms with Crippen LogP contribution < -0.4 is 5.32 Å². The molecule has 0 spiro atoms. The van der Waals surface area contributed by atoms with E-state index in [1.165, 1.54) is 11.3 Å².